The molecule has 125 heavy (non-hydrogen) atoms. The van der Waals surface area contributed by atoms with Gasteiger partial charge in [0.05, 0.1) is 24.5 Å². The van der Waals surface area contributed by atoms with Crippen LogP contribution in [0.25, 0.3) is 0 Å². The number of carbonyl (C=O) groups is 10. The van der Waals surface area contributed by atoms with Crippen molar-refractivity contribution in [3.05, 3.63) is 268 Å². The molecule has 5 amide bonds. The highest BCUT2D eigenvalue weighted by Crippen LogP contribution is 2.29. The van der Waals surface area contributed by atoms with Crippen LogP contribution in [0.5, 0.6) is 28.7 Å². The molecule has 0 aliphatic carbocycles. The number of amides is 5. The van der Waals surface area contributed by atoms with Crippen LogP contribution < -0.4 is 26.6 Å². The largest absolute Gasteiger partial charge is 0.507 e. The molecule has 0 bridgehead atoms. The maximum absolute atomic E-state index is 12.0. The van der Waals surface area contributed by atoms with Gasteiger partial charge in [-0.2, -0.15) is 42.1 Å². The van der Waals surface area contributed by atoms with Crippen molar-refractivity contribution in [2.45, 2.75) is 59.1 Å². The van der Waals surface area contributed by atoms with Gasteiger partial charge in [-0.05, 0) is 156 Å². The number of carboxylic acids is 5. The number of anilines is 5. The zero-order chi connectivity index (χ0) is 93.1. The third kappa shape index (κ3) is 31.4. The van der Waals surface area contributed by atoms with Gasteiger partial charge in [0, 0.05) is 58.8 Å². The number of hydrogen-bond acceptors (Lipinski definition) is 30. The highest BCUT2D eigenvalue weighted by molar-refractivity contribution is 7.87. The lowest BCUT2D eigenvalue weighted by Gasteiger charge is -2.08. The van der Waals surface area contributed by atoms with Crippen LogP contribution in [-0.2, 0) is 95.5 Å². The maximum atomic E-state index is 12.0. The third-order valence-electron chi connectivity index (χ3n) is 15.8. The van der Waals surface area contributed by atoms with Crippen molar-refractivity contribution in [3.8, 4) is 28.7 Å². The average Bonchev–Trinajstić information content (AvgIpc) is 0.799. The van der Waals surface area contributed by atoms with Gasteiger partial charge in [-0.1, -0.05) is 88.5 Å². The normalized spacial score (nSPS) is 11.1. The highest BCUT2D eigenvalue weighted by atomic mass is 32.2. The van der Waals surface area contributed by atoms with Crippen LogP contribution in [0.1, 0.15) is 79.6 Å². The van der Waals surface area contributed by atoms with Crippen molar-refractivity contribution in [2.75, 3.05) is 59.6 Å². The molecule has 0 aromatic heterocycles. The van der Waals surface area contributed by atoms with E-state index < -0.39 is 172 Å². The van der Waals surface area contributed by atoms with Gasteiger partial charge in [0.15, 0.2) is 0 Å². The molecule has 10 aromatic rings. The summed E-state index contributed by atoms with van der Waals surface area (Å²) in [6.07, 6.45) is 0. The van der Waals surface area contributed by atoms with Gasteiger partial charge < -0.3 is 77.6 Å². The zero-order valence-electron chi connectivity index (χ0n) is 65.5. The minimum Gasteiger partial charge on any atom is -0.507 e. The second-order valence-corrected chi connectivity index (χ2v) is 33.6. The molecule has 0 heterocycles. The number of carbonyl (C=O) groups excluding carboxylic acids is 5. The lowest BCUT2D eigenvalue weighted by molar-refractivity contribution is -0.118. The van der Waals surface area contributed by atoms with Gasteiger partial charge in [0.1, 0.15) is 89.6 Å². The summed E-state index contributed by atoms with van der Waals surface area (Å²) < 4.78 is 143. The van der Waals surface area contributed by atoms with E-state index in [1.165, 1.54) is 91.0 Å². The molecule has 660 valence electrons. The molecule has 0 aliphatic heterocycles. The Kier molecular flexibility index (Phi) is 35.2. The Morgan fingerprint density at radius 1 is 0.224 bits per heavy atom. The van der Waals surface area contributed by atoms with Crippen LogP contribution in [0.2, 0.25) is 0 Å². The van der Waals surface area contributed by atoms with Gasteiger partial charge in [-0.15, -0.1) is 0 Å². The number of nitrogens with one attached hydrogen (secondary N) is 5. The first-order valence-electron chi connectivity index (χ1n) is 35.1. The predicted molar refractivity (Wildman–Crippen MR) is 440 cm³/mol. The van der Waals surface area contributed by atoms with Gasteiger partial charge in [-0.3, -0.25) is 44.9 Å². The highest BCUT2D eigenvalue weighted by Gasteiger charge is 2.25. The van der Waals surface area contributed by atoms with E-state index in [0.29, 0.717) is 0 Å². The molecule has 0 unspecified atom stereocenters. The van der Waals surface area contributed by atoms with Crippen molar-refractivity contribution < 1.29 is 162 Å². The Morgan fingerprint density at radius 2 is 0.352 bits per heavy atom. The Bertz CT molecular complexity index is 5410. The summed E-state index contributed by atoms with van der Waals surface area (Å²) in [6, 6.07) is 46.7. The van der Waals surface area contributed by atoms with Gasteiger partial charge >= 0.3 is 29.8 Å². The van der Waals surface area contributed by atoms with Crippen LogP contribution in [0.3, 0.4) is 0 Å². The zero-order valence-corrected chi connectivity index (χ0v) is 69.5. The molecule has 10 rings (SSSR count). The van der Waals surface area contributed by atoms with E-state index in [2.05, 4.69) is 47.5 Å². The first-order valence-corrected chi connectivity index (χ1v) is 42.1. The van der Waals surface area contributed by atoms with Gasteiger partial charge in [0.25, 0.3) is 80.1 Å². The summed E-state index contributed by atoms with van der Waals surface area (Å²) in [5.41, 5.74) is 3.27. The molecule has 40 nitrogen and oxygen atoms in total. The Morgan fingerprint density at radius 3 is 0.464 bits per heavy atom. The quantitative estimate of drug-likeness (QED) is 0.0187. The second-order valence-electron chi connectivity index (χ2n) is 25.6. The summed E-state index contributed by atoms with van der Waals surface area (Å²) >= 11 is 0. The first kappa shape index (κ1) is 99.3. The van der Waals surface area contributed by atoms with Gasteiger partial charge in [-0.25, -0.2) is 24.0 Å². The van der Waals surface area contributed by atoms with Crippen LogP contribution >= 0.6 is 0 Å². The minimum absolute atomic E-state index is 0.0747. The number of aromatic hydroxyl groups is 5. The number of aromatic carboxylic acids is 5. The standard InChI is InChI=1S/5C16H15NO7S/c5*1-10-2-5-12(6-3-10)25(22,23)24-9-15(19)17-11-4-7-13(16(20)21)14(18)8-11/h5*2-8,18H,9H2,1H3,(H,17,19)(H,20,21). The predicted octanol–water partition coefficient (Wildman–Crippen LogP) is 8.71. The number of phenols is 5. The summed E-state index contributed by atoms with van der Waals surface area (Å²) in [6.45, 7) is 5.18. The van der Waals surface area contributed by atoms with Crippen molar-refractivity contribution >= 4 is 138 Å². The van der Waals surface area contributed by atoms with E-state index in [1.807, 2.05) is 0 Å². The fourth-order valence-electron chi connectivity index (χ4n) is 9.46. The van der Waals surface area contributed by atoms with E-state index >= 15 is 0 Å². The molecule has 0 spiro atoms. The van der Waals surface area contributed by atoms with E-state index in [9.17, 15) is 116 Å². The summed E-state index contributed by atoms with van der Waals surface area (Å²) in [5.74, 6) is -13.1. The molecular weight excluding hydrogens is 1750 g/mol. The first-order chi connectivity index (χ1) is 58.4. The lowest BCUT2D eigenvalue weighted by atomic mass is 10.2. The number of aryl methyl sites for hydroxylation is 5. The number of rotatable bonds is 30. The Labute approximate surface area is 711 Å². The third-order valence-corrected chi connectivity index (χ3v) is 22.2. The fraction of sp³-hybridized carbons (Fsp3) is 0.125. The fourth-order valence-corrected chi connectivity index (χ4v) is 13.8. The molecule has 10 aromatic carbocycles. The second kappa shape index (κ2) is 44.3. The molecule has 0 fully saturated rings. The van der Waals surface area contributed by atoms with E-state index in [0.717, 1.165) is 88.5 Å². The molecule has 0 atom stereocenters. The molecule has 0 aliphatic rings. The average molecular weight is 1830 g/mol. The van der Waals surface area contributed by atoms with Crippen LogP contribution in [0.4, 0.5) is 28.4 Å². The Hall–Kier alpha value is -14.6. The van der Waals surface area contributed by atoms with Crippen LogP contribution in [-0.4, -0.2) is 186 Å². The van der Waals surface area contributed by atoms with Crippen molar-refractivity contribution in [3.63, 3.8) is 0 Å². The monoisotopic (exact) mass is 1830 g/mol. The van der Waals surface area contributed by atoms with Crippen LogP contribution in [0, 0.1) is 34.6 Å². The molecule has 0 saturated heterocycles. The molecule has 45 heteroatoms. The topological polar surface area (TPSA) is 650 Å². The van der Waals surface area contributed by atoms with E-state index in [4.69, 9.17) is 25.5 Å². The summed E-state index contributed by atoms with van der Waals surface area (Å²) in [5, 5.41) is 103. The molecule has 0 radical (unpaired) electrons. The lowest BCUT2D eigenvalue weighted by Crippen LogP contribution is -2.21. The molecular formula is C80H75N5O35S5. The summed E-state index contributed by atoms with van der Waals surface area (Å²) in [4.78, 5) is 112. The van der Waals surface area contributed by atoms with E-state index in [1.54, 1.807) is 95.3 Å². The van der Waals surface area contributed by atoms with Crippen LogP contribution in [0.15, 0.2) is 237 Å². The van der Waals surface area contributed by atoms with Crippen molar-refractivity contribution in [2.24, 2.45) is 0 Å². The summed E-state index contributed by atoms with van der Waals surface area (Å²) in [7, 11) is -20.4. The molecule has 0 saturated carbocycles. The SMILES string of the molecule is Cc1ccc(S(=O)(=O)OCC(=O)Nc2ccc(C(=O)O)c(O)c2)cc1.Cc1ccc(S(=O)(=O)OCC(=O)Nc2ccc(C(=O)O)c(O)c2)cc1.Cc1ccc(S(=O)(=O)OCC(=O)Nc2ccc(C(=O)O)c(O)c2)cc1.Cc1ccc(S(=O)(=O)OCC(=O)Nc2ccc(C(=O)O)c(O)c2)cc1.Cc1ccc(S(=O)(=O)OCC(=O)Nc2ccc(C(=O)O)c(O)c2)cc1. The van der Waals surface area contributed by atoms with Crippen molar-refractivity contribution in [1.29, 1.82) is 0 Å². The minimum atomic E-state index is -4.08. The number of carboxylic acid groups (broad SMARTS) is 5. The maximum Gasteiger partial charge on any atom is 0.339 e. The van der Waals surface area contributed by atoms with Gasteiger partial charge in [0.2, 0.25) is 0 Å². The van der Waals surface area contributed by atoms with Crippen molar-refractivity contribution in [1.82, 2.24) is 0 Å². The Balaban J connectivity index is 0.000000241. The van der Waals surface area contributed by atoms with E-state index in [-0.39, 0.29) is 80.7 Å². The smallest absolute Gasteiger partial charge is 0.339 e. The number of hydrogen-bond donors (Lipinski definition) is 15. The molecule has 15 N–H and O–H groups in total. The number of benzene rings is 10.